The number of carbonyl (C=O) groups is 1. The third kappa shape index (κ3) is 4.90. The molecule has 0 saturated heterocycles. The van der Waals surface area contributed by atoms with Crippen molar-refractivity contribution in [1.29, 1.82) is 0 Å². The number of aromatic amines is 1. The number of rotatable bonds is 7. The van der Waals surface area contributed by atoms with Gasteiger partial charge in [0.1, 0.15) is 5.69 Å². The van der Waals surface area contributed by atoms with Gasteiger partial charge in [0.05, 0.1) is 11.9 Å². The van der Waals surface area contributed by atoms with Crippen LogP contribution < -0.4 is 10.3 Å². The summed E-state index contributed by atoms with van der Waals surface area (Å²) in [6.07, 6.45) is 1.63. The predicted molar refractivity (Wildman–Crippen MR) is 119 cm³/mol. The van der Waals surface area contributed by atoms with Crippen LogP contribution in [0.4, 0.5) is 5.69 Å². The standard InChI is InChI=1S/C23H27N5O/c1-5-28(6-2)20-11-8-18(9-12-20)15-24-27-23(29)22-14-21(25-26-22)19-10-7-16(3)17(4)13-19/h7-15H,5-6H2,1-4H3,(H,25,26)(H,27,29)/b24-15-. The fourth-order valence-electron chi connectivity index (χ4n) is 3.07. The zero-order valence-corrected chi connectivity index (χ0v) is 17.4. The molecule has 0 radical (unpaired) electrons. The van der Waals surface area contributed by atoms with Gasteiger partial charge in [-0.2, -0.15) is 10.2 Å². The van der Waals surface area contributed by atoms with Crippen molar-refractivity contribution in [2.75, 3.05) is 18.0 Å². The lowest BCUT2D eigenvalue weighted by Crippen LogP contribution is -2.21. The van der Waals surface area contributed by atoms with Gasteiger partial charge in [-0.3, -0.25) is 9.89 Å². The van der Waals surface area contributed by atoms with Crippen LogP contribution in [-0.4, -0.2) is 35.4 Å². The normalized spacial score (nSPS) is 11.0. The van der Waals surface area contributed by atoms with E-state index in [2.05, 4.69) is 77.6 Å². The Morgan fingerprint density at radius 1 is 1.07 bits per heavy atom. The van der Waals surface area contributed by atoms with Crippen LogP contribution in [0.15, 0.2) is 53.6 Å². The molecule has 6 heteroatoms. The molecule has 1 amide bonds. The molecule has 0 unspecified atom stereocenters. The zero-order chi connectivity index (χ0) is 20.8. The van der Waals surface area contributed by atoms with E-state index < -0.39 is 0 Å². The van der Waals surface area contributed by atoms with Gasteiger partial charge in [0.2, 0.25) is 0 Å². The Morgan fingerprint density at radius 3 is 2.45 bits per heavy atom. The van der Waals surface area contributed by atoms with Crippen molar-refractivity contribution in [3.8, 4) is 11.3 Å². The largest absolute Gasteiger partial charge is 0.372 e. The van der Waals surface area contributed by atoms with Crippen molar-refractivity contribution in [1.82, 2.24) is 15.6 Å². The third-order valence-corrected chi connectivity index (χ3v) is 5.03. The summed E-state index contributed by atoms with van der Waals surface area (Å²) in [5, 5.41) is 11.1. The molecule has 1 aromatic heterocycles. The minimum Gasteiger partial charge on any atom is -0.372 e. The lowest BCUT2D eigenvalue weighted by molar-refractivity contribution is 0.0950. The topological polar surface area (TPSA) is 73.4 Å². The van der Waals surface area contributed by atoms with Crippen LogP contribution in [0.1, 0.15) is 41.0 Å². The van der Waals surface area contributed by atoms with Gasteiger partial charge in [0.25, 0.3) is 5.91 Å². The SMILES string of the molecule is CCN(CC)c1ccc(/C=N\NC(=O)c2cc(-c3ccc(C)c(C)c3)n[nH]2)cc1. The average Bonchev–Trinajstić information content (AvgIpc) is 3.22. The van der Waals surface area contributed by atoms with E-state index in [1.807, 2.05) is 18.2 Å². The smallest absolute Gasteiger partial charge is 0.289 e. The van der Waals surface area contributed by atoms with Crippen molar-refractivity contribution < 1.29 is 4.79 Å². The first-order valence-corrected chi connectivity index (χ1v) is 9.83. The summed E-state index contributed by atoms with van der Waals surface area (Å²) in [6, 6.07) is 15.9. The van der Waals surface area contributed by atoms with Crippen LogP contribution in [0, 0.1) is 13.8 Å². The number of anilines is 1. The number of benzene rings is 2. The molecule has 0 fully saturated rings. The van der Waals surface area contributed by atoms with E-state index in [9.17, 15) is 4.79 Å². The molecule has 2 aromatic carbocycles. The summed E-state index contributed by atoms with van der Waals surface area (Å²) in [7, 11) is 0. The summed E-state index contributed by atoms with van der Waals surface area (Å²) >= 11 is 0. The van der Waals surface area contributed by atoms with Crippen LogP contribution in [0.3, 0.4) is 0 Å². The number of H-pyrrole nitrogens is 1. The van der Waals surface area contributed by atoms with Crippen molar-refractivity contribution >= 4 is 17.8 Å². The van der Waals surface area contributed by atoms with Gasteiger partial charge in [0.15, 0.2) is 0 Å². The minimum atomic E-state index is -0.330. The summed E-state index contributed by atoms with van der Waals surface area (Å²) in [6.45, 7) is 10.3. The maximum Gasteiger partial charge on any atom is 0.289 e. The van der Waals surface area contributed by atoms with Crippen LogP contribution in [-0.2, 0) is 0 Å². The molecule has 0 spiro atoms. The second kappa shape index (κ2) is 9.19. The molecule has 1 heterocycles. The second-order valence-electron chi connectivity index (χ2n) is 6.93. The van der Waals surface area contributed by atoms with Crippen molar-refractivity contribution in [3.05, 3.63) is 70.9 Å². The highest BCUT2D eigenvalue weighted by molar-refractivity contribution is 5.94. The number of nitrogens with zero attached hydrogens (tertiary/aromatic N) is 3. The van der Waals surface area contributed by atoms with Crippen LogP contribution in [0.2, 0.25) is 0 Å². The summed E-state index contributed by atoms with van der Waals surface area (Å²) in [4.78, 5) is 14.6. The Hall–Kier alpha value is -3.41. The molecular weight excluding hydrogens is 362 g/mol. The number of aromatic nitrogens is 2. The van der Waals surface area contributed by atoms with Gasteiger partial charge in [-0.05, 0) is 68.7 Å². The average molecular weight is 390 g/mol. The van der Waals surface area contributed by atoms with Crippen molar-refractivity contribution in [3.63, 3.8) is 0 Å². The lowest BCUT2D eigenvalue weighted by atomic mass is 10.0. The van der Waals surface area contributed by atoms with E-state index in [0.29, 0.717) is 5.69 Å². The first kappa shape index (κ1) is 20.3. The van der Waals surface area contributed by atoms with E-state index in [-0.39, 0.29) is 5.91 Å². The Labute approximate surface area is 171 Å². The van der Waals surface area contributed by atoms with E-state index >= 15 is 0 Å². The molecule has 3 rings (SSSR count). The van der Waals surface area contributed by atoms with Gasteiger partial charge in [-0.25, -0.2) is 5.43 Å². The molecule has 150 valence electrons. The highest BCUT2D eigenvalue weighted by Gasteiger charge is 2.11. The molecular formula is C23H27N5O. The summed E-state index contributed by atoms with van der Waals surface area (Å²) in [5.74, 6) is -0.330. The quantitative estimate of drug-likeness (QED) is 0.467. The molecule has 0 aliphatic heterocycles. The molecule has 0 aliphatic rings. The number of hydrogen-bond acceptors (Lipinski definition) is 4. The summed E-state index contributed by atoms with van der Waals surface area (Å²) in [5.41, 5.74) is 9.12. The van der Waals surface area contributed by atoms with E-state index in [4.69, 9.17) is 0 Å². The second-order valence-corrected chi connectivity index (χ2v) is 6.93. The number of nitrogens with one attached hydrogen (secondary N) is 2. The maximum absolute atomic E-state index is 12.3. The Morgan fingerprint density at radius 2 is 1.79 bits per heavy atom. The molecule has 3 aromatic rings. The number of hydrogen-bond donors (Lipinski definition) is 2. The molecule has 0 aliphatic carbocycles. The van der Waals surface area contributed by atoms with Crippen molar-refractivity contribution in [2.24, 2.45) is 5.10 Å². The molecule has 0 saturated carbocycles. The van der Waals surface area contributed by atoms with Crippen molar-refractivity contribution in [2.45, 2.75) is 27.7 Å². The monoisotopic (exact) mass is 389 g/mol. The van der Waals surface area contributed by atoms with Gasteiger partial charge in [-0.1, -0.05) is 24.3 Å². The van der Waals surface area contributed by atoms with Gasteiger partial charge in [0, 0.05) is 24.3 Å². The Kier molecular flexibility index (Phi) is 6.44. The Balaban J connectivity index is 1.62. The third-order valence-electron chi connectivity index (χ3n) is 5.03. The molecule has 0 atom stereocenters. The fourth-order valence-corrected chi connectivity index (χ4v) is 3.07. The number of amides is 1. The van der Waals surface area contributed by atoms with Crippen LogP contribution in [0.25, 0.3) is 11.3 Å². The highest BCUT2D eigenvalue weighted by Crippen LogP contribution is 2.21. The van der Waals surface area contributed by atoms with Gasteiger partial charge < -0.3 is 4.90 Å². The predicted octanol–water partition coefficient (Wildman–Crippen LogP) is 4.30. The van der Waals surface area contributed by atoms with E-state index in [1.54, 1.807) is 12.3 Å². The Bertz CT molecular complexity index is 1000. The zero-order valence-electron chi connectivity index (χ0n) is 17.4. The number of carbonyl (C=O) groups excluding carboxylic acids is 1. The molecule has 2 N–H and O–H groups in total. The number of hydrazone groups is 1. The summed E-state index contributed by atoms with van der Waals surface area (Å²) < 4.78 is 0. The minimum absolute atomic E-state index is 0.330. The molecule has 6 nitrogen and oxygen atoms in total. The fraction of sp³-hybridized carbons (Fsp3) is 0.261. The molecule has 0 bridgehead atoms. The highest BCUT2D eigenvalue weighted by atomic mass is 16.2. The first-order valence-electron chi connectivity index (χ1n) is 9.83. The maximum atomic E-state index is 12.3. The van der Waals surface area contributed by atoms with Gasteiger partial charge in [-0.15, -0.1) is 0 Å². The first-order chi connectivity index (χ1) is 14.0. The van der Waals surface area contributed by atoms with Crippen LogP contribution in [0.5, 0.6) is 0 Å². The van der Waals surface area contributed by atoms with E-state index in [0.717, 1.165) is 29.9 Å². The number of aryl methyl sites for hydroxylation is 2. The van der Waals surface area contributed by atoms with Gasteiger partial charge >= 0.3 is 0 Å². The van der Waals surface area contributed by atoms with E-state index in [1.165, 1.54) is 16.8 Å². The van der Waals surface area contributed by atoms with Crippen LogP contribution >= 0.6 is 0 Å². The molecule has 29 heavy (non-hydrogen) atoms. The lowest BCUT2D eigenvalue weighted by Gasteiger charge is -2.20.